The number of nitrogens with one attached hydrogen (secondary N) is 1. The van der Waals surface area contributed by atoms with E-state index in [4.69, 9.17) is 4.74 Å². The van der Waals surface area contributed by atoms with Crippen LogP contribution in [0.5, 0.6) is 11.8 Å². The van der Waals surface area contributed by atoms with Crippen LogP contribution in [0.3, 0.4) is 0 Å². The van der Waals surface area contributed by atoms with Gasteiger partial charge in [0.15, 0.2) is 0 Å². The fraction of sp³-hybridized carbons (Fsp3) is 0.286. The second-order valence-corrected chi connectivity index (χ2v) is 4.33. The Hall–Kier alpha value is -1.94. The van der Waals surface area contributed by atoms with E-state index in [9.17, 15) is 0 Å². The minimum Gasteiger partial charge on any atom is -0.424 e. The molecule has 0 amide bonds. The Balaban J connectivity index is 2.13. The molecule has 94 valence electrons. The number of ether oxygens (including phenoxy) is 1. The molecule has 2 aromatic rings. The quantitative estimate of drug-likeness (QED) is 0.896. The van der Waals surface area contributed by atoms with E-state index >= 15 is 0 Å². The van der Waals surface area contributed by atoms with Crippen LogP contribution in [-0.4, -0.2) is 17.0 Å². The molecule has 0 saturated heterocycles. The van der Waals surface area contributed by atoms with Crippen molar-refractivity contribution in [3.8, 4) is 11.8 Å². The molecule has 4 nitrogen and oxygen atoms in total. The molecule has 4 heteroatoms. The average Bonchev–Trinajstić information content (AvgIpc) is 2.31. The van der Waals surface area contributed by atoms with Gasteiger partial charge in [0, 0.05) is 24.5 Å². The average molecular weight is 243 g/mol. The summed E-state index contributed by atoms with van der Waals surface area (Å²) < 4.78 is 5.63. The molecule has 0 aliphatic rings. The lowest BCUT2D eigenvalue weighted by Gasteiger charge is -2.06. The van der Waals surface area contributed by atoms with Crippen LogP contribution in [0.25, 0.3) is 0 Å². The molecule has 0 aliphatic carbocycles. The molecule has 0 aliphatic heterocycles. The molecule has 0 bridgehead atoms. The van der Waals surface area contributed by atoms with Crippen molar-refractivity contribution < 1.29 is 4.74 Å². The summed E-state index contributed by atoms with van der Waals surface area (Å²) in [5.74, 6) is 0.772. The third-order valence-corrected chi connectivity index (χ3v) is 2.47. The van der Waals surface area contributed by atoms with Crippen LogP contribution in [0.1, 0.15) is 16.7 Å². The third-order valence-electron chi connectivity index (χ3n) is 2.47. The van der Waals surface area contributed by atoms with Gasteiger partial charge in [0.1, 0.15) is 5.75 Å². The van der Waals surface area contributed by atoms with E-state index < -0.39 is 0 Å². The van der Waals surface area contributed by atoms with Crippen LogP contribution in [0.2, 0.25) is 0 Å². The highest BCUT2D eigenvalue weighted by molar-refractivity contribution is 5.34. The minimum absolute atomic E-state index is 0.375. The Morgan fingerprint density at radius 2 is 1.67 bits per heavy atom. The minimum atomic E-state index is 0.375. The number of nitrogens with zero attached hydrogens (tertiary/aromatic N) is 2. The molecule has 0 fully saturated rings. The second-order valence-electron chi connectivity index (χ2n) is 4.33. The van der Waals surface area contributed by atoms with E-state index in [1.54, 1.807) is 12.4 Å². The highest BCUT2D eigenvalue weighted by Gasteiger charge is 2.02. The number of aryl methyl sites for hydroxylation is 2. The van der Waals surface area contributed by atoms with Crippen molar-refractivity contribution in [3.05, 3.63) is 47.3 Å². The van der Waals surface area contributed by atoms with Crippen LogP contribution in [0.15, 0.2) is 30.6 Å². The van der Waals surface area contributed by atoms with Gasteiger partial charge in [-0.3, -0.25) is 0 Å². The van der Waals surface area contributed by atoms with Gasteiger partial charge in [-0.1, -0.05) is 6.07 Å². The number of hydrogen-bond acceptors (Lipinski definition) is 4. The largest absolute Gasteiger partial charge is 0.424 e. The molecule has 1 aromatic carbocycles. The number of hydrogen-bond donors (Lipinski definition) is 1. The number of benzene rings is 1. The summed E-state index contributed by atoms with van der Waals surface area (Å²) in [5, 5.41) is 3.05. The van der Waals surface area contributed by atoms with E-state index in [0.29, 0.717) is 6.01 Å². The molecule has 0 atom stereocenters. The van der Waals surface area contributed by atoms with Gasteiger partial charge in [0.2, 0.25) is 0 Å². The topological polar surface area (TPSA) is 47.0 Å². The second kappa shape index (κ2) is 5.60. The van der Waals surface area contributed by atoms with Gasteiger partial charge >= 0.3 is 6.01 Å². The van der Waals surface area contributed by atoms with Gasteiger partial charge in [-0.15, -0.1) is 0 Å². The zero-order valence-corrected chi connectivity index (χ0v) is 10.9. The van der Waals surface area contributed by atoms with Crippen molar-refractivity contribution in [3.63, 3.8) is 0 Å². The summed E-state index contributed by atoms with van der Waals surface area (Å²) in [6.07, 6.45) is 3.53. The van der Waals surface area contributed by atoms with E-state index in [2.05, 4.69) is 21.4 Å². The smallest absolute Gasteiger partial charge is 0.321 e. The van der Waals surface area contributed by atoms with Crippen molar-refractivity contribution in [1.29, 1.82) is 0 Å². The monoisotopic (exact) mass is 243 g/mol. The maximum absolute atomic E-state index is 5.63. The zero-order chi connectivity index (χ0) is 13.0. The van der Waals surface area contributed by atoms with Crippen molar-refractivity contribution in [2.24, 2.45) is 0 Å². The molecule has 0 saturated carbocycles. The number of rotatable bonds is 4. The summed E-state index contributed by atoms with van der Waals surface area (Å²) in [7, 11) is 1.89. The third kappa shape index (κ3) is 3.28. The van der Waals surface area contributed by atoms with Crippen LogP contribution >= 0.6 is 0 Å². The van der Waals surface area contributed by atoms with Crippen LogP contribution < -0.4 is 10.1 Å². The van der Waals surface area contributed by atoms with Crippen molar-refractivity contribution in [1.82, 2.24) is 15.3 Å². The molecule has 1 heterocycles. The van der Waals surface area contributed by atoms with Crippen molar-refractivity contribution in [2.45, 2.75) is 20.4 Å². The van der Waals surface area contributed by atoms with E-state index in [0.717, 1.165) is 29.0 Å². The zero-order valence-electron chi connectivity index (χ0n) is 10.9. The molecule has 2 rings (SSSR count). The van der Waals surface area contributed by atoms with E-state index in [1.165, 1.54) is 0 Å². The lowest BCUT2D eigenvalue weighted by Crippen LogP contribution is -2.06. The maximum Gasteiger partial charge on any atom is 0.321 e. The Kier molecular flexibility index (Phi) is 3.89. The first-order valence-corrected chi connectivity index (χ1v) is 5.89. The summed E-state index contributed by atoms with van der Waals surface area (Å²) in [6, 6.07) is 6.42. The lowest BCUT2D eigenvalue weighted by atomic mass is 10.1. The lowest BCUT2D eigenvalue weighted by molar-refractivity contribution is 0.440. The first kappa shape index (κ1) is 12.5. The standard InChI is InChI=1S/C14H17N3O/c1-10-4-11(2)6-13(5-10)18-14-16-8-12(7-15-3)9-17-14/h4-6,8-9,15H,7H2,1-3H3. The van der Waals surface area contributed by atoms with Gasteiger partial charge in [0.05, 0.1) is 0 Å². The molecular weight excluding hydrogens is 226 g/mol. The fourth-order valence-electron chi connectivity index (χ4n) is 1.79. The molecular formula is C14H17N3O. The Bertz CT molecular complexity index is 503. The fourth-order valence-corrected chi connectivity index (χ4v) is 1.79. The molecule has 0 unspecified atom stereocenters. The number of aromatic nitrogens is 2. The normalized spacial score (nSPS) is 10.4. The van der Waals surface area contributed by atoms with Crippen molar-refractivity contribution in [2.75, 3.05) is 7.05 Å². The van der Waals surface area contributed by atoms with Gasteiger partial charge in [-0.2, -0.15) is 0 Å². The first-order chi connectivity index (χ1) is 8.67. The van der Waals surface area contributed by atoms with Gasteiger partial charge < -0.3 is 10.1 Å². The van der Waals surface area contributed by atoms with E-state index in [1.807, 2.05) is 33.0 Å². The molecule has 18 heavy (non-hydrogen) atoms. The van der Waals surface area contributed by atoms with Crippen LogP contribution in [0.4, 0.5) is 0 Å². The van der Waals surface area contributed by atoms with Crippen LogP contribution in [-0.2, 0) is 6.54 Å². The van der Waals surface area contributed by atoms with E-state index in [-0.39, 0.29) is 0 Å². The first-order valence-electron chi connectivity index (χ1n) is 5.89. The highest BCUT2D eigenvalue weighted by Crippen LogP contribution is 2.20. The van der Waals surface area contributed by atoms with Crippen molar-refractivity contribution >= 4 is 0 Å². The van der Waals surface area contributed by atoms with Crippen LogP contribution in [0, 0.1) is 13.8 Å². The van der Waals surface area contributed by atoms with Gasteiger partial charge in [0.25, 0.3) is 0 Å². The predicted octanol–water partition coefficient (Wildman–Crippen LogP) is 2.61. The molecule has 1 aromatic heterocycles. The summed E-state index contributed by atoms with van der Waals surface area (Å²) in [5.41, 5.74) is 3.36. The van der Waals surface area contributed by atoms with Gasteiger partial charge in [-0.25, -0.2) is 9.97 Å². The summed E-state index contributed by atoms with van der Waals surface area (Å²) in [4.78, 5) is 8.36. The predicted molar refractivity (Wildman–Crippen MR) is 70.8 cm³/mol. The molecule has 0 spiro atoms. The molecule has 1 N–H and O–H groups in total. The molecule has 0 radical (unpaired) electrons. The summed E-state index contributed by atoms with van der Waals surface area (Å²) >= 11 is 0. The van der Waals surface area contributed by atoms with Gasteiger partial charge in [-0.05, 0) is 44.2 Å². The SMILES string of the molecule is CNCc1cnc(Oc2cc(C)cc(C)c2)nc1. The Morgan fingerprint density at radius 3 is 2.22 bits per heavy atom. The Labute approximate surface area is 107 Å². The highest BCUT2D eigenvalue weighted by atomic mass is 16.5. The Morgan fingerprint density at radius 1 is 1.06 bits per heavy atom. The maximum atomic E-state index is 5.63. The summed E-state index contributed by atoms with van der Waals surface area (Å²) in [6.45, 7) is 4.83.